The summed E-state index contributed by atoms with van der Waals surface area (Å²) in [5, 5.41) is 16.7. The number of aromatic nitrogens is 3. The third kappa shape index (κ3) is 2.73. The van der Waals surface area contributed by atoms with Crippen molar-refractivity contribution in [3.8, 4) is 17.5 Å². The highest BCUT2D eigenvalue weighted by Gasteiger charge is 2.20. The van der Waals surface area contributed by atoms with E-state index in [1.54, 1.807) is 35.9 Å². The van der Waals surface area contributed by atoms with Crippen LogP contribution in [0.1, 0.15) is 18.5 Å². The molecule has 0 radical (unpaired) electrons. The number of carbonyl (C=O) groups excluding carboxylic acids is 1. The standard InChI is InChI=1S/C14H14N4O2/c1-10(19)13(8-20-2)18-9-16-17-14(18)12-5-3-11(7-15)4-6-12/h3-6,9,13H,8H2,1-2H3. The minimum absolute atomic E-state index is 0.0263. The van der Waals surface area contributed by atoms with Gasteiger partial charge in [-0.15, -0.1) is 10.2 Å². The van der Waals surface area contributed by atoms with E-state index in [9.17, 15) is 4.79 Å². The molecule has 0 saturated heterocycles. The van der Waals surface area contributed by atoms with Crippen LogP contribution in [0.3, 0.4) is 0 Å². The van der Waals surface area contributed by atoms with Gasteiger partial charge in [-0.05, 0) is 31.2 Å². The average molecular weight is 270 g/mol. The molecule has 2 aromatic rings. The third-order valence-corrected chi connectivity index (χ3v) is 2.97. The number of carbonyl (C=O) groups is 1. The first-order valence-electron chi connectivity index (χ1n) is 6.06. The summed E-state index contributed by atoms with van der Waals surface area (Å²) < 4.78 is 6.76. The minimum Gasteiger partial charge on any atom is -0.382 e. The number of methoxy groups -OCH3 is 1. The lowest BCUT2D eigenvalue weighted by molar-refractivity contribution is -0.121. The Morgan fingerprint density at radius 2 is 2.15 bits per heavy atom. The highest BCUT2D eigenvalue weighted by atomic mass is 16.5. The molecule has 1 atom stereocenters. The zero-order valence-corrected chi connectivity index (χ0v) is 11.3. The highest BCUT2D eigenvalue weighted by Crippen LogP contribution is 2.21. The van der Waals surface area contributed by atoms with Crippen molar-refractivity contribution < 1.29 is 9.53 Å². The molecule has 1 heterocycles. The van der Waals surface area contributed by atoms with Gasteiger partial charge in [-0.3, -0.25) is 4.79 Å². The Hall–Kier alpha value is -2.52. The quantitative estimate of drug-likeness (QED) is 0.824. The predicted octanol–water partition coefficient (Wildman–Crippen LogP) is 1.59. The van der Waals surface area contributed by atoms with Crippen LogP contribution < -0.4 is 0 Å². The lowest BCUT2D eigenvalue weighted by Crippen LogP contribution is -2.22. The summed E-state index contributed by atoms with van der Waals surface area (Å²) in [6.45, 7) is 1.77. The Balaban J connectivity index is 2.40. The maximum atomic E-state index is 11.7. The summed E-state index contributed by atoms with van der Waals surface area (Å²) >= 11 is 0. The second-order valence-corrected chi connectivity index (χ2v) is 4.33. The van der Waals surface area contributed by atoms with Gasteiger partial charge in [-0.25, -0.2) is 0 Å². The van der Waals surface area contributed by atoms with Crippen LogP contribution in [-0.2, 0) is 9.53 Å². The van der Waals surface area contributed by atoms with E-state index in [2.05, 4.69) is 16.3 Å². The molecule has 20 heavy (non-hydrogen) atoms. The van der Waals surface area contributed by atoms with Gasteiger partial charge in [0.1, 0.15) is 12.4 Å². The SMILES string of the molecule is COCC(C(C)=O)n1cnnc1-c1ccc(C#N)cc1. The fourth-order valence-electron chi connectivity index (χ4n) is 1.92. The van der Waals surface area contributed by atoms with Crippen LogP contribution in [0.4, 0.5) is 0 Å². The second-order valence-electron chi connectivity index (χ2n) is 4.33. The maximum absolute atomic E-state index is 11.7. The molecule has 1 aromatic carbocycles. The van der Waals surface area contributed by atoms with Crippen LogP contribution in [0, 0.1) is 11.3 Å². The Labute approximate surface area is 116 Å². The smallest absolute Gasteiger partial charge is 0.164 e. The van der Waals surface area contributed by atoms with E-state index in [1.807, 2.05) is 0 Å². The number of ether oxygens (including phenoxy) is 1. The van der Waals surface area contributed by atoms with Crippen LogP contribution >= 0.6 is 0 Å². The van der Waals surface area contributed by atoms with Crippen molar-refractivity contribution >= 4 is 5.78 Å². The van der Waals surface area contributed by atoms with E-state index >= 15 is 0 Å². The Kier molecular flexibility index (Phi) is 4.23. The summed E-state index contributed by atoms with van der Waals surface area (Å²) in [5.74, 6) is 0.549. The van der Waals surface area contributed by atoms with Crippen molar-refractivity contribution in [2.75, 3.05) is 13.7 Å². The van der Waals surface area contributed by atoms with Crippen LogP contribution in [0.25, 0.3) is 11.4 Å². The molecule has 0 aliphatic heterocycles. The molecule has 0 aliphatic carbocycles. The Morgan fingerprint density at radius 1 is 1.45 bits per heavy atom. The highest BCUT2D eigenvalue weighted by molar-refractivity contribution is 5.80. The fourth-order valence-corrected chi connectivity index (χ4v) is 1.92. The van der Waals surface area contributed by atoms with Gasteiger partial charge < -0.3 is 9.30 Å². The number of nitriles is 1. The molecule has 0 N–H and O–H groups in total. The maximum Gasteiger partial charge on any atom is 0.164 e. The molecule has 0 fully saturated rings. The van der Waals surface area contributed by atoms with E-state index in [4.69, 9.17) is 10.00 Å². The molecule has 1 aromatic heterocycles. The van der Waals surface area contributed by atoms with Gasteiger partial charge in [0, 0.05) is 12.7 Å². The van der Waals surface area contributed by atoms with Crippen LogP contribution in [0.2, 0.25) is 0 Å². The van der Waals surface area contributed by atoms with Crippen LogP contribution in [0.15, 0.2) is 30.6 Å². The molecule has 2 rings (SSSR count). The molecule has 0 bridgehead atoms. The number of hydrogen-bond donors (Lipinski definition) is 0. The lowest BCUT2D eigenvalue weighted by atomic mass is 10.1. The summed E-state index contributed by atoms with van der Waals surface area (Å²) in [4.78, 5) is 11.7. The molecular formula is C14H14N4O2. The van der Waals surface area contributed by atoms with Gasteiger partial charge in [-0.1, -0.05) is 0 Å². The van der Waals surface area contributed by atoms with Crippen LogP contribution in [0.5, 0.6) is 0 Å². The topological polar surface area (TPSA) is 80.8 Å². The van der Waals surface area contributed by atoms with Gasteiger partial charge in [-0.2, -0.15) is 5.26 Å². The molecule has 0 aliphatic rings. The summed E-state index contributed by atoms with van der Waals surface area (Å²) in [5.41, 5.74) is 1.36. The third-order valence-electron chi connectivity index (χ3n) is 2.97. The number of benzene rings is 1. The number of rotatable bonds is 5. The fraction of sp³-hybridized carbons (Fsp3) is 0.286. The molecule has 1 unspecified atom stereocenters. The molecule has 6 nitrogen and oxygen atoms in total. The van der Waals surface area contributed by atoms with Gasteiger partial charge in [0.05, 0.1) is 18.2 Å². The second kappa shape index (κ2) is 6.08. The predicted molar refractivity (Wildman–Crippen MR) is 71.8 cm³/mol. The largest absolute Gasteiger partial charge is 0.382 e. The van der Waals surface area contributed by atoms with Gasteiger partial charge >= 0.3 is 0 Å². The van der Waals surface area contributed by atoms with E-state index in [1.165, 1.54) is 13.3 Å². The van der Waals surface area contributed by atoms with E-state index in [-0.39, 0.29) is 12.4 Å². The molecule has 6 heteroatoms. The Morgan fingerprint density at radius 3 is 2.70 bits per heavy atom. The molecule has 102 valence electrons. The van der Waals surface area contributed by atoms with E-state index < -0.39 is 6.04 Å². The van der Waals surface area contributed by atoms with Crippen molar-refractivity contribution in [3.63, 3.8) is 0 Å². The lowest BCUT2D eigenvalue weighted by Gasteiger charge is -2.16. The Bertz CT molecular complexity index is 640. The number of Topliss-reactive ketones (excluding diaryl/α,β-unsaturated/α-hetero) is 1. The van der Waals surface area contributed by atoms with Gasteiger partial charge in [0.15, 0.2) is 11.6 Å². The summed E-state index contributed by atoms with van der Waals surface area (Å²) in [6, 6.07) is 8.57. The number of hydrogen-bond acceptors (Lipinski definition) is 5. The zero-order chi connectivity index (χ0) is 14.5. The first-order chi connectivity index (χ1) is 9.67. The van der Waals surface area contributed by atoms with Crippen molar-refractivity contribution in [1.29, 1.82) is 5.26 Å². The number of nitrogens with zero attached hydrogens (tertiary/aromatic N) is 4. The molecule has 0 amide bonds. The van der Waals surface area contributed by atoms with E-state index in [0.29, 0.717) is 11.4 Å². The first kappa shape index (κ1) is 13.9. The average Bonchev–Trinajstić information content (AvgIpc) is 2.93. The molecule has 0 saturated carbocycles. The summed E-state index contributed by atoms with van der Waals surface area (Å²) in [6.07, 6.45) is 1.51. The van der Waals surface area contributed by atoms with Gasteiger partial charge in [0.2, 0.25) is 0 Å². The van der Waals surface area contributed by atoms with Crippen molar-refractivity contribution in [3.05, 3.63) is 36.2 Å². The normalized spacial score (nSPS) is 11.8. The summed E-state index contributed by atoms with van der Waals surface area (Å²) in [7, 11) is 1.54. The minimum atomic E-state index is -0.458. The first-order valence-corrected chi connectivity index (χ1v) is 6.06. The molecular weight excluding hydrogens is 256 g/mol. The van der Waals surface area contributed by atoms with Crippen molar-refractivity contribution in [1.82, 2.24) is 14.8 Å². The van der Waals surface area contributed by atoms with Gasteiger partial charge in [0.25, 0.3) is 0 Å². The van der Waals surface area contributed by atoms with Crippen molar-refractivity contribution in [2.24, 2.45) is 0 Å². The van der Waals surface area contributed by atoms with Crippen molar-refractivity contribution in [2.45, 2.75) is 13.0 Å². The monoisotopic (exact) mass is 270 g/mol. The van der Waals surface area contributed by atoms with E-state index in [0.717, 1.165) is 5.56 Å². The number of ketones is 1. The molecule has 0 spiro atoms. The van der Waals surface area contributed by atoms with Crippen LogP contribution in [-0.4, -0.2) is 34.3 Å². The zero-order valence-electron chi connectivity index (χ0n) is 11.3.